The maximum atomic E-state index is 11.8. The summed E-state index contributed by atoms with van der Waals surface area (Å²) in [5, 5.41) is 3.92. The fraction of sp³-hybridized carbons (Fsp3) is 0.143. The van der Waals surface area contributed by atoms with Crippen LogP contribution in [0, 0.1) is 0 Å². The maximum Gasteiger partial charge on any atom is 0.252 e. The monoisotopic (exact) mass is 310 g/mol. The normalized spacial score (nSPS) is 10.3. The second kappa shape index (κ2) is 6.59. The van der Waals surface area contributed by atoms with Gasteiger partial charge in [-0.25, -0.2) is 0 Å². The van der Waals surface area contributed by atoms with E-state index in [1.165, 1.54) is 18.3 Å². The van der Waals surface area contributed by atoms with Gasteiger partial charge in [0, 0.05) is 28.9 Å². The van der Waals surface area contributed by atoms with Crippen molar-refractivity contribution >= 4 is 29.1 Å². The third-order valence-corrected chi connectivity index (χ3v) is 3.33. The van der Waals surface area contributed by atoms with Gasteiger partial charge in [-0.05, 0) is 30.2 Å². The molecule has 2 N–H and O–H groups in total. The first kappa shape index (κ1) is 14.6. The highest BCUT2D eigenvalue weighted by molar-refractivity contribution is 6.35. The fourth-order valence-electron chi connectivity index (χ4n) is 1.69. The van der Waals surface area contributed by atoms with Gasteiger partial charge in [0.25, 0.3) is 5.91 Å². The Bertz CT molecular complexity index is 663. The van der Waals surface area contributed by atoms with Gasteiger partial charge in [0.05, 0.1) is 5.56 Å². The molecule has 0 spiro atoms. The molecular formula is C14H12Cl2N2O2. The lowest BCUT2D eigenvalue weighted by molar-refractivity contribution is 0.0953. The molecule has 0 bridgehead atoms. The van der Waals surface area contributed by atoms with E-state index in [2.05, 4.69) is 10.3 Å². The highest BCUT2D eigenvalue weighted by atomic mass is 35.5. The molecule has 6 heteroatoms. The van der Waals surface area contributed by atoms with Crippen molar-refractivity contribution in [1.82, 2.24) is 10.3 Å². The summed E-state index contributed by atoms with van der Waals surface area (Å²) >= 11 is 11.9. The van der Waals surface area contributed by atoms with Gasteiger partial charge in [0.2, 0.25) is 5.56 Å². The molecule has 0 unspecified atom stereocenters. The largest absolute Gasteiger partial charge is 0.352 e. The maximum absolute atomic E-state index is 11.8. The molecule has 104 valence electrons. The number of aromatic nitrogens is 1. The van der Waals surface area contributed by atoms with Crippen molar-refractivity contribution in [3.63, 3.8) is 0 Å². The number of rotatable bonds is 4. The highest BCUT2D eigenvalue weighted by Gasteiger charge is 2.06. The molecule has 0 atom stereocenters. The first-order valence-electron chi connectivity index (χ1n) is 5.97. The number of nitrogens with one attached hydrogen (secondary N) is 2. The van der Waals surface area contributed by atoms with Crippen molar-refractivity contribution in [3.8, 4) is 0 Å². The van der Waals surface area contributed by atoms with Crippen molar-refractivity contribution in [1.29, 1.82) is 0 Å². The molecular weight excluding hydrogens is 299 g/mol. The number of hydrogen-bond acceptors (Lipinski definition) is 2. The van der Waals surface area contributed by atoms with Crippen LogP contribution >= 0.6 is 23.2 Å². The quantitative estimate of drug-likeness (QED) is 0.912. The number of amides is 1. The summed E-state index contributed by atoms with van der Waals surface area (Å²) in [6, 6.07) is 8.04. The summed E-state index contributed by atoms with van der Waals surface area (Å²) in [4.78, 5) is 25.1. The standard InChI is InChI=1S/C14H12Cl2N2O2/c15-11-3-1-9(12(16)7-11)5-6-17-14(20)10-2-4-13(19)18-8-10/h1-4,7-8H,5-6H2,(H,17,20)(H,18,19). The SMILES string of the molecule is O=C(NCCc1ccc(Cl)cc1Cl)c1ccc(=O)[nH]c1. The van der Waals surface area contributed by atoms with Crippen LogP contribution in [0.1, 0.15) is 15.9 Å². The summed E-state index contributed by atoms with van der Waals surface area (Å²) < 4.78 is 0. The predicted octanol–water partition coefficient (Wildman–Crippen LogP) is 2.65. The second-order valence-corrected chi connectivity index (χ2v) is 5.03. The van der Waals surface area contributed by atoms with Gasteiger partial charge in [-0.3, -0.25) is 9.59 Å². The predicted molar refractivity (Wildman–Crippen MR) is 79.6 cm³/mol. The van der Waals surface area contributed by atoms with E-state index >= 15 is 0 Å². The summed E-state index contributed by atoms with van der Waals surface area (Å²) in [5.41, 5.74) is 1.08. The number of halogens is 2. The molecule has 20 heavy (non-hydrogen) atoms. The van der Waals surface area contributed by atoms with E-state index in [1.807, 2.05) is 6.07 Å². The number of pyridine rings is 1. The molecule has 1 aromatic carbocycles. The van der Waals surface area contributed by atoms with Crippen molar-refractivity contribution < 1.29 is 4.79 Å². The number of hydrogen-bond donors (Lipinski definition) is 2. The number of carbonyl (C=O) groups excluding carboxylic acids is 1. The van der Waals surface area contributed by atoms with Crippen molar-refractivity contribution in [2.45, 2.75) is 6.42 Å². The van der Waals surface area contributed by atoms with Gasteiger partial charge in [0.15, 0.2) is 0 Å². The Morgan fingerprint density at radius 1 is 1.20 bits per heavy atom. The zero-order chi connectivity index (χ0) is 14.5. The Hall–Kier alpha value is -1.78. The number of H-pyrrole nitrogens is 1. The van der Waals surface area contributed by atoms with E-state index in [0.29, 0.717) is 28.6 Å². The van der Waals surface area contributed by atoms with Crippen molar-refractivity contribution in [2.75, 3.05) is 6.54 Å². The third kappa shape index (κ3) is 3.85. The van der Waals surface area contributed by atoms with Gasteiger partial charge in [-0.1, -0.05) is 29.3 Å². The molecule has 1 amide bonds. The summed E-state index contributed by atoms with van der Waals surface area (Å²) in [7, 11) is 0. The van der Waals surface area contributed by atoms with Crippen LogP contribution in [0.15, 0.2) is 41.3 Å². The van der Waals surface area contributed by atoms with Crippen molar-refractivity contribution in [3.05, 3.63) is 68.1 Å². The van der Waals surface area contributed by atoms with E-state index in [9.17, 15) is 9.59 Å². The van der Waals surface area contributed by atoms with Gasteiger partial charge in [0.1, 0.15) is 0 Å². The smallest absolute Gasteiger partial charge is 0.252 e. The third-order valence-electron chi connectivity index (χ3n) is 2.74. The highest BCUT2D eigenvalue weighted by Crippen LogP contribution is 2.21. The molecule has 0 radical (unpaired) electrons. The van der Waals surface area contributed by atoms with Gasteiger partial charge < -0.3 is 10.3 Å². The van der Waals surface area contributed by atoms with E-state index < -0.39 is 0 Å². The Morgan fingerprint density at radius 3 is 2.65 bits per heavy atom. The number of carbonyl (C=O) groups is 1. The van der Waals surface area contributed by atoms with E-state index in [-0.39, 0.29) is 11.5 Å². The van der Waals surface area contributed by atoms with Crippen molar-refractivity contribution in [2.24, 2.45) is 0 Å². The fourth-order valence-corrected chi connectivity index (χ4v) is 2.19. The van der Waals surface area contributed by atoms with Crippen LogP contribution in [0.3, 0.4) is 0 Å². The Kier molecular flexibility index (Phi) is 4.82. The minimum absolute atomic E-state index is 0.241. The average Bonchev–Trinajstić information content (AvgIpc) is 2.42. The second-order valence-electron chi connectivity index (χ2n) is 4.18. The van der Waals surface area contributed by atoms with Gasteiger partial charge >= 0.3 is 0 Å². The van der Waals surface area contributed by atoms with Crippen LogP contribution in [-0.2, 0) is 6.42 Å². The topological polar surface area (TPSA) is 62.0 Å². The number of benzene rings is 1. The average molecular weight is 311 g/mol. The lowest BCUT2D eigenvalue weighted by Crippen LogP contribution is -2.26. The van der Waals surface area contributed by atoms with E-state index in [0.717, 1.165) is 5.56 Å². The van der Waals surface area contributed by atoms with E-state index in [1.54, 1.807) is 12.1 Å². The molecule has 0 aliphatic heterocycles. The first-order chi connectivity index (χ1) is 9.56. The molecule has 4 nitrogen and oxygen atoms in total. The van der Waals surface area contributed by atoms with Crippen LogP contribution in [0.25, 0.3) is 0 Å². The first-order valence-corrected chi connectivity index (χ1v) is 6.73. The molecule has 2 aromatic rings. The zero-order valence-corrected chi connectivity index (χ0v) is 12.0. The number of aromatic amines is 1. The summed E-state index contributed by atoms with van der Waals surface area (Å²) in [5.74, 6) is -0.244. The van der Waals surface area contributed by atoms with E-state index in [4.69, 9.17) is 23.2 Å². The van der Waals surface area contributed by atoms with Crippen LogP contribution in [0.2, 0.25) is 10.0 Å². The minimum atomic E-state index is -0.244. The zero-order valence-electron chi connectivity index (χ0n) is 10.5. The Morgan fingerprint density at radius 2 is 2.00 bits per heavy atom. The lowest BCUT2D eigenvalue weighted by atomic mass is 10.1. The van der Waals surface area contributed by atoms with Crippen LogP contribution < -0.4 is 10.9 Å². The van der Waals surface area contributed by atoms with Gasteiger partial charge in [-0.2, -0.15) is 0 Å². The minimum Gasteiger partial charge on any atom is -0.352 e. The van der Waals surface area contributed by atoms with Crippen LogP contribution in [0.4, 0.5) is 0 Å². The molecule has 0 saturated carbocycles. The summed E-state index contributed by atoms with van der Waals surface area (Å²) in [6.07, 6.45) is 1.98. The molecule has 1 heterocycles. The molecule has 0 saturated heterocycles. The molecule has 2 rings (SSSR count). The Balaban J connectivity index is 1.91. The summed E-state index contributed by atoms with van der Waals surface area (Å²) in [6.45, 7) is 0.444. The molecule has 0 fully saturated rings. The van der Waals surface area contributed by atoms with Gasteiger partial charge in [-0.15, -0.1) is 0 Å². The molecule has 1 aromatic heterocycles. The van der Waals surface area contributed by atoms with Crippen LogP contribution in [-0.4, -0.2) is 17.4 Å². The molecule has 0 aliphatic carbocycles. The Labute approximate surface area is 125 Å². The lowest BCUT2D eigenvalue weighted by Gasteiger charge is -2.07. The van der Waals surface area contributed by atoms with Crippen LogP contribution in [0.5, 0.6) is 0 Å². The molecule has 0 aliphatic rings.